The van der Waals surface area contributed by atoms with Gasteiger partial charge in [-0.3, -0.25) is 4.90 Å². The van der Waals surface area contributed by atoms with Gasteiger partial charge in [-0.2, -0.15) is 0 Å². The number of amides is 2. The first kappa shape index (κ1) is 25.0. The molecule has 3 aromatic rings. The standard InChI is InChI=1S/C31H39N5O2/c1-19(2)36-23-11-12-24(36)18-25(17-23)35(3)31(37)32-22-10-14-26-21(16-22)9-15-29(33-26)34-27-13-8-20-6-5-7-28(38-4)30(20)27/h5-7,9-10,14-16,19,23-25,27H,8,11-13,17-18H2,1-4H3,(H,32,37)(H,33,34). The van der Waals surface area contributed by atoms with E-state index in [-0.39, 0.29) is 18.1 Å². The van der Waals surface area contributed by atoms with Crippen LogP contribution in [0.3, 0.4) is 0 Å². The minimum Gasteiger partial charge on any atom is -0.496 e. The van der Waals surface area contributed by atoms with E-state index >= 15 is 0 Å². The van der Waals surface area contributed by atoms with Crippen LogP contribution in [0.1, 0.15) is 63.1 Å². The number of anilines is 2. The lowest BCUT2D eigenvalue weighted by Crippen LogP contribution is -2.53. The van der Waals surface area contributed by atoms with Gasteiger partial charge >= 0.3 is 6.03 Å². The molecule has 2 aliphatic heterocycles. The normalized spacial score (nSPS) is 24.4. The van der Waals surface area contributed by atoms with Gasteiger partial charge in [-0.25, -0.2) is 9.78 Å². The van der Waals surface area contributed by atoms with Gasteiger partial charge < -0.3 is 20.3 Å². The summed E-state index contributed by atoms with van der Waals surface area (Å²) in [4.78, 5) is 22.6. The molecule has 0 saturated carbocycles. The number of carbonyl (C=O) groups excluding carboxylic acids is 1. The van der Waals surface area contributed by atoms with Gasteiger partial charge in [-0.1, -0.05) is 12.1 Å². The van der Waals surface area contributed by atoms with Crippen LogP contribution in [0, 0.1) is 0 Å². The fourth-order valence-electron chi connectivity index (χ4n) is 7.15. The van der Waals surface area contributed by atoms with Gasteiger partial charge in [0.1, 0.15) is 11.6 Å². The average Bonchev–Trinajstić information content (AvgIpc) is 3.45. The quantitative estimate of drug-likeness (QED) is 0.410. The van der Waals surface area contributed by atoms with Crippen molar-refractivity contribution in [2.24, 2.45) is 0 Å². The fourth-order valence-corrected chi connectivity index (χ4v) is 7.15. The molecule has 3 unspecified atom stereocenters. The highest BCUT2D eigenvalue weighted by Gasteiger charge is 2.43. The Hall–Kier alpha value is -3.32. The van der Waals surface area contributed by atoms with Crippen molar-refractivity contribution < 1.29 is 9.53 Å². The lowest BCUT2D eigenvalue weighted by atomic mass is 9.95. The molecule has 2 bridgehead atoms. The van der Waals surface area contributed by atoms with Crippen molar-refractivity contribution in [2.75, 3.05) is 24.8 Å². The van der Waals surface area contributed by atoms with E-state index in [4.69, 9.17) is 9.72 Å². The van der Waals surface area contributed by atoms with E-state index in [0.717, 1.165) is 53.8 Å². The van der Waals surface area contributed by atoms with Crippen molar-refractivity contribution in [3.05, 3.63) is 59.7 Å². The number of methoxy groups -OCH3 is 1. The number of benzene rings is 2. The first-order valence-electron chi connectivity index (χ1n) is 14.1. The van der Waals surface area contributed by atoms with Crippen LogP contribution in [-0.2, 0) is 6.42 Å². The topological polar surface area (TPSA) is 69.7 Å². The molecule has 0 spiro atoms. The molecule has 2 N–H and O–H groups in total. The Morgan fingerprint density at radius 1 is 1.08 bits per heavy atom. The Morgan fingerprint density at radius 3 is 2.61 bits per heavy atom. The van der Waals surface area contributed by atoms with Crippen LogP contribution in [0.4, 0.5) is 16.3 Å². The SMILES string of the molecule is COc1cccc2c1C(Nc1ccc3cc(NC(=O)N(C)C4CC5CCC(C4)N5C(C)C)ccc3n1)CC2. The summed E-state index contributed by atoms with van der Waals surface area (Å²) in [6.45, 7) is 4.58. The molecule has 3 atom stereocenters. The van der Waals surface area contributed by atoms with Gasteiger partial charge in [-0.05, 0) is 94.3 Å². The third-order valence-corrected chi connectivity index (χ3v) is 8.92. The van der Waals surface area contributed by atoms with Gasteiger partial charge in [0.05, 0.1) is 18.7 Å². The van der Waals surface area contributed by atoms with Crippen LogP contribution in [-0.4, -0.2) is 59.1 Å². The van der Waals surface area contributed by atoms with Crippen LogP contribution in [0.2, 0.25) is 0 Å². The molecule has 0 radical (unpaired) electrons. The number of piperidine rings is 1. The molecule has 3 aliphatic rings. The molecule has 6 rings (SSSR count). The number of aromatic nitrogens is 1. The van der Waals surface area contributed by atoms with E-state index in [0.29, 0.717) is 18.1 Å². The molecule has 200 valence electrons. The number of carbonyl (C=O) groups is 1. The summed E-state index contributed by atoms with van der Waals surface area (Å²) in [6, 6.07) is 18.5. The van der Waals surface area contributed by atoms with Crippen molar-refractivity contribution in [2.45, 2.75) is 82.6 Å². The molecular formula is C31H39N5O2. The summed E-state index contributed by atoms with van der Waals surface area (Å²) in [5, 5.41) is 7.74. The van der Waals surface area contributed by atoms with E-state index in [1.54, 1.807) is 7.11 Å². The van der Waals surface area contributed by atoms with Gasteiger partial charge in [-0.15, -0.1) is 0 Å². The van der Waals surface area contributed by atoms with Crippen molar-refractivity contribution in [3.8, 4) is 5.75 Å². The highest BCUT2D eigenvalue weighted by Crippen LogP contribution is 2.40. The highest BCUT2D eigenvalue weighted by molar-refractivity contribution is 5.93. The first-order valence-corrected chi connectivity index (χ1v) is 14.1. The Bertz CT molecular complexity index is 1330. The minimum absolute atomic E-state index is 0.0353. The maximum atomic E-state index is 13.2. The van der Waals surface area contributed by atoms with Crippen LogP contribution in [0.5, 0.6) is 5.75 Å². The van der Waals surface area contributed by atoms with E-state index < -0.39 is 0 Å². The third kappa shape index (κ3) is 4.57. The minimum atomic E-state index is -0.0353. The Morgan fingerprint density at radius 2 is 1.87 bits per heavy atom. The third-order valence-electron chi connectivity index (χ3n) is 8.92. The van der Waals surface area contributed by atoms with Crippen molar-refractivity contribution in [1.29, 1.82) is 0 Å². The molecule has 2 saturated heterocycles. The molecule has 2 amide bonds. The highest BCUT2D eigenvalue weighted by atomic mass is 16.5. The number of pyridine rings is 1. The monoisotopic (exact) mass is 513 g/mol. The average molecular weight is 514 g/mol. The summed E-state index contributed by atoms with van der Waals surface area (Å²) in [6.07, 6.45) is 6.69. The van der Waals surface area contributed by atoms with Crippen molar-refractivity contribution in [3.63, 3.8) is 0 Å². The Labute approximate surface area is 225 Å². The molecule has 7 nitrogen and oxygen atoms in total. The zero-order valence-electron chi connectivity index (χ0n) is 22.9. The van der Waals surface area contributed by atoms with Gasteiger partial charge in [0.25, 0.3) is 0 Å². The summed E-state index contributed by atoms with van der Waals surface area (Å²) in [7, 11) is 3.67. The predicted molar refractivity (Wildman–Crippen MR) is 153 cm³/mol. The predicted octanol–water partition coefficient (Wildman–Crippen LogP) is 6.21. The first-order chi connectivity index (χ1) is 18.4. The molecule has 1 aliphatic carbocycles. The maximum Gasteiger partial charge on any atom is 0.321 e. The van der Waals surface area contributed by atoms with Crippen LogP contribution >= 0.6 is 0 Å². The number of nitrogens with zero attached hydrogens (tertiary/aromatic N) is 3. The molecular weight excluding hydrogens is 474 g/mol. The summed E-state index contributed by atoms with van der Waals surface area (Å²) in [5.41, 5.74) is 4.28. The summed E-state index contributed by atoms with van der Waals surface area (Å²) >= 11 is 0. The van der Waals surface area contributed by atoms with Crippen LogP contribution in [0.25, 0.3) is 10.9 Å². The fraction of sp³-hybridized carbons (Fsp3) is 0.484. The second-order valence-corrected chi connectivity index (χ2v) is 11.5. The Kier molecular flexibility index (Phi) is 6.64. The van der Waals surface area contributed by atoms with Gasteiger partial charge in [0.15, 0.2) is 0 Å². The number of ether oxygens (including phenoxy) is 1. The van der Waals surface area contributed by atoms with E-state index in [1.165, 1.54) is 24.0 Å². The number of nitrogens with one attached hydrogen (secondary N) is 2. The number of hydrogen-bond acceptors (Lipinski definition) is 5. The number of rotatable bonds is 6. The Balaban J connectivity index is 1.12. The second-order valence-electron chi connectivity index (χ2n) is 11.5. The van der Waals surface area contributed by atoms with Crippen molar-refractivity contribution >= 4 is 28.4 Å². The lowest BCUT2D eigenvalue weighted by Gasteiger charge is -2.44. The summed E-state index contributed by atoms with van der Waals surface area (Å²) < 4.78 is 5.62. The summed E-state index contributed by atoms with van der Waals surface area (Å²) in [5.74, 6) is 1.78. The second kappa shape index (κ2) is 10.1. The maximum absolute atomic E-state index is 13.2. The largest absolute Gasteiger partial charge is 0.496 e. The van der Waals surface area contributed by atoms with E-state index in [9.17, 15) is 4.79 Å². The zero-order chi connectivity index (χ0) is 26.4. The smallest absolute Gasteiger partial charge is 0.321 e. The van der Waals surface area contributed by atoms with Crippen LogP contribution < -0.4 is 15.4 Å². The molecule has 2 aromatic carbocycles. The number of urea groups is 1. The zero-order valence-corrected chi connectivity index (χ0v) is 22.9. The van der Waals surface area contributed by atoms with Gasteiger partial charge in [0.2, 0.25) is 0 Å². The van der Waals surface area contributed by atoms with E-state index in [2.05, 4.69) is 47.6 Å². The molecule has 38 heavy (non-hydrogen) atoms. The molecule has 3 heterocycles. The van der Waals surface area contributed by atoms with Gasteiger partial charge in [0, 0.05) is 47.9 Å². The number of aryl methyl sites for hydroxylation is 1. The number of fused-ring (bicyclic) bond motifs is 4. The van der Waals surface area contributed by atoms with E-state index in [1.807, 2.05) is 42.3 Å². The lowest BCUT2D eigenvalue weighted by molar-refractivity contribution is 0.0605. The van der Waals surface area contributed by atoms with Crippen molar-refractivity contribution in [1.82, 2.24) is 14.8 Å². The molecule has 1 aromatic heterocycles. The number of hydrogen-bond donors (Lipinski definition) is 2. The molecule has 2 fully saturated rings. The molecule has 7 heteroatoms. The van der Waals surface area contributed by atoms with Crippen LogP contribution in [0.15, 0.2) is 48.5 Å².